The van der Waals surface area contributed by atoms with Gasteiger partial charge >= 0.3 is 5.97 Å². The number of imidazole rings is 4. The van der Waals surface area contributed by atoms with E-state index in [1.165, 1.54) is 248 Å². The number of nitrogens with one attached hydrogen (secondary N) is 7. The zero-order chi connectivity index (χ0) is 98.8. The van der Waals surface area contributed by atoms with Crippen molar-refractivity contribution in [1.82, 2.24) is 54.8 Å². The number of carbonyl (C=O) groups is 4. The van der Waals surface area contributed by atoms with E-state index in [1.807, 2.05) is 92.9 Å². The van der Waals surface area contributed by atoms with Gasteiger partial charge < -0.3 is 45.1 Å². The summed E-state index contributed by atoms with van der Waals surface area (Å²) in [5, 5.41) is 12.1. The first-order valence-corrected chi connectivity index (χ1v) is 53.4. The van der Waals surface area contributed by atoms with E-state index in [9.17, 15) is 19.2 Å². The van der Waals surface area contributed by atoms with E-state index in [2.05, 4.69) is 196 Å². The van der Waals surface area contributed by atoms with E-state index in [0.29, 0.717) is 65.3 Å². The predicted molar refractivity (Wildman–Crippen MR) is 578 cm³/mol. The van der Waals surface area contributed by atoms with Crippen LogP contribution in [-0.4, -0.2) is 99.5 Å². The number of aromatic amines is 4. The van der Waals surface area contributed by atoms with E-state index >= 15 is 0 Å². The zero-order valence-electron chi connectivity index (χ0n) is 86.6. The summed E-state index contributed by atoms with van der Waals surface area (Å²) in [6.45, 7) is 27.4. The van der Waals surface area contributed by atoms with Crippen LogP contribution in [0, 0.1) is 41.5 Å². The molecular formula is C119H167N13O7. The lowest BCUT2D eigenvalue weighted by Gasteiger charge is -2.09. The molecule has 0 fully saturated rings. The van der Waals surface area contributed by atoms with Crippen LogP contribution in [0.15, 0.2) is 170 Å². The molecule has 0 saturated heterocycles. The standard InChI is InChI=1S/C40H62N2O2.C31H50N4O2.C30H37N5O3.C18H18N2/c1-4-6-8-10-12-14-16-18-20-22-32-43-37-28-24-35(25-29-37)39-40(42-34(3)41-39)36-26-30-38(31-27-36)44-33-23-21-19-17-15-13-11-9-7-5-2;1-4-6-8-10-12-14-16-18-24-32-31(37)30-29(33-25(3)34-30)26-20-22-27(23-21-26)35-28(36)19-17-15-13-11-9-7-5-2;1-4-5-6-7-8-9-10-11-19-38-30(37)24-17-15-23(16-18-24)29-31-21(2)28-33-27(34-35(28)29)25-13-12-14-26(20-25)32-22(3)36;1-12-4-8-15(9-5-12)17-18(20-14(3)19-17)16-10-6-13(2)7-11-16/h24-31H,4-23,32-33H2,1-3H3,(H,41,42);20-23H,4-19,24H2,1-3H3,(H,32,37)(H,33,34)(H,35,36);12-18,20H,4-11,19H2,1-3H3,(H,32,36)(H,33,34);4-11H,1-3H3,(H,19,20). The van der Waals surface area contributed by atoms with Crippen molar-refractivity contribution in [1.29, 1.82) is 0 Å². The van der Waals surface area contributed by atoms with Gasteiger partial charge in [0.05, 0.1) is 53.9 Å². The molecule has 0 bridgehead atoms. The highest BCUT2D eigenvalue weighted by atomic mass is 16.5. The Morgan fingerprint density at radius 1 is 0.345 bits per heavy atom. The molecule has 20 heteroatoms. The number of ether oxygens (including phenoxy) is 3. The normalized spacial score (nSPS) is 11.1. The molecule has 0 saturated carbocycles. The Balaban J connectivity index is 0.000000213. The van der Waals surface area contributed by atoms with Crippen molar-refractivity contribution in [2.75, 3.05) is 37.0 Å². The van der Waals surface area contributed by atoms with Crippen molar-refractivity contribution in [3.8, 4) is 90.6 Å². The number of H-pyrrole nitrogens is 4. The van der Waals surface area contributed by atoms with Crippen molar-refractivity contribution < 1.29 is 33.4 Å². The van der Waals surface area contributed by atoms with Crippen molar-refractivity contribution >= 4 is 40.7 Å². The second kappa shape index (κ2) is 64.6. The minimum Gasteiger partial charge on any atom is -0.494 e. The molecule has 12 aromatic rings. The predicted octanol–water partition coefficient (Wildman–Crippen LogP) is 32.6. The average Bonchev–Trinajstić information content (AvgIpc) is 1.61. The number of benzene rings is 7. The van der Waals surface area contributed by atoms with Crippen molar-refractivity contribution in [3.05, 3.63) is 215 Å². The summed E-state index contributed by atoms with van der Waals surface area (Å²) >= 11 is 0. The smallest absolute Gasteiger partial charge is 0.338 e. The molecule has 7 N–H and O–H groups in total. The largest absolute Gasteiger partial charge is 0.494 e. The number of esters is 1. The fourth-order valence-electron chi connectivity index (χ4n) is 17.3. The van der Waals surface area contributed by atoms with Crippen LogP contribution in [0.4, 0.5) is 11.4 Å². The molecule has 0 aliphatic carbocycles. The summed E-state index contributed by atoms with van der Waals surface area (Å²) in [6.07, 6.45) is 55.3. The van der Waals surface area contributed by atoms with Gasteiger partial charge in [0, 0.05) is 70.2 Å². The fraction of sp³-hybridized carbons (Fsp3) is 0.504. The summed E-state index contributed by atoms with van der Waals surface area (Å²) in [4.78, 5) is 82.5. The molecule has 139 heavy (non-hydrogen) atoms. The van der Waals surface area contributed by atoms with Gasteiger partial charge in [-0.1, -0.05) is 375 Å². The molecular weight excluding hydrogens is 1720 g/mol. The number of rotatable bonds is 61. The topological polar surface area (TPSA) is 264 Å². The Morgan fingerprint density at radius 3 is 1.19 bits per heavy atom. The highest BCUT2D eigenvalue weighted by Gasteiger charge is 2.22. The van der Waals surface area contributed by atoms with Crippen molar-refractivity contribution in [2.24, 2.45) is 0 Å². The highest BCUT2D eigenvalue weighted by Crippen LogP contribution is 2.36. The summed E-state index contributed by atoms with van der Waals surface area (Å²) in [5.41, 5.74) is 18.4. The quantitative estimate of drug-likeness (QED) is 0.0139. The van der Waals surface area contributed by atoms with E-state index in [1.54, 1.807) is 12.1 Å². The second-order valence-electron chi connectivity index (χ2n) is 37.9. The highest BCUT2D eigenvalue weighted by molar-refractivity contribution is 5.99. The minimum atomic E-state index is -0.299. The molecule has 12 rings (SSSR count). The number of anilines is 2. The van der Waals surface area contributed by atoms with Crippen LogP contribution >= 0.6 is 0 Å². The van der Waals surface area contributed by atoms with Gasteiger partial charge in [0.25, 0.3) is 5.91 Å². The van der Waals surface area contributed by atoms with Gasteiger partial charge in [0.1, 0.15) is 40.4 Å². The number of hydrogen-bond donors (Lipinski definition) is 7. The monoisotopic (exact) mass is 1890 g/mol. The molecule has 5 heterocycles. The van der Waals surface area contributed by atoms with E-state index in [-0.39, 0.29) is 23.7 Å². The fourth-order valence-corrected chi connectivity index (χ4v) is 17.3. The molecule has 0 aliphatic heterocycles. The SMILES string of the molecule is CCCCCCCCCCCCOc1ccc(-c2nc(C)[nH]c2-c2ccc(OCCCCCCCCCCCC)cc2)cc1.CCCCCCCCCCNC(=O)c1[nH]c(C)nc1-c1ccc(NC(=O)CCCCCCCCC)cc1.CCCCCCCCCCOC(=O)c1ccc(-c2nc(C)c3nc(-c4cccc(NC(C)=O)c4)[nH]n23)cc1.Cc1ccc(-c2nc(C)[nH]c2-c2ccc(C)cc2)cc1. The van der Waals surface area contributed by atoms with Crippen LogP contribution < -0.4 is 25.4 Å². The minimum absolute atomic E-state index is 0.0537. The Kier molecular flexibility index (Phi) is 51.5. The Labute approximate surface area is 832 Å². The van der Waals surface area contributed by atoms with Crippen LogP contribution in [0.3, 0.4) is 0 Å². The van der Waals surface area contributed by atoms with Crippen molar-refractivity contribution in [2.45, 2.75) is 366 Å². The molecule has 5 aromatic heterocycles. The number of unbranched alkanes of at least 4 members (excludes halogenated alkanes) is 38. The molecule has 20 nitrogen and oxygen atoms in total. The number of amides is 3. The van der Waals surface area contributed by atoms with E-state index < -0.39 is 0 Å². The molecule has 3 amide bonds. The van der Waals surface area contributed by atoms with E-state index in [4.69, 9.17) is 24.2 Å². The first kappa shape index (κ1) is 111. The lowest BCUT2D eigenvalue weighted by molar-refractivity contribution is -0.116. The third kappa shape index (κ3) is 40.6. The summed E-state index contributed by atoms with van der Waals surface area (Å²) in [7, 11) is 0. The molecule has 0 aliphatic rings. The molecule has 0 atom stereocenters. The van der Waals surface area contributed by atoms with Crippen LogP contribution in [-0.2, 0) is 14.3 Å². The molecule has 750 valence electrons. The number of aromatic nitrogens is 10. The molecule has 0 radical (unpaired) electrons. The third-order valence-electron chi connectivity index (χ3n) is 25.5. The lowest BCUT2D eigenvalue weighted by atomic mass is 10.0. The van der Waals surface area contributed by atoms with Crippen LogP contribution in [0.1, 0.15) is 379 Å². The Hall–Kier alpha value is -11.7. The maximum absolute atomic E-state index is 12.8. The number of aryl methyl sites for hydroxylation is 6. The summed E-state index contributed by atoms with van der Waals surface area (Å²) in [5.74, 6) is 5.31. The first-order valence-electron chi connectivity index (χ1n) is 53.4. The molecule has 0 spiro atoms. The zero-order valence-corrected chi connectivity index (χ0v) is 86.6. The van der Waals surface area contributed by atoms with Gasteiger partial charge in [0.15, 0.2) is 17.3 Å². The van der Waals surface area contributed by atoms with Crippen LogP contribution in [0.5, 0.6) is 11.5 Å². The number of carbonyl (C=O) groups excluding carboxylic acids is 4. The van der Waals surface area contributed by atoms with Gasteiger partial charge in [-0.2, -0.15) is 0 Å². The number of fused-ring (bicyclic) bond motifs is 1. The molecule has 7 aromatic carbocycles. The average molecular weight is 1890 g/mol. The van der Waals surface area contributed by atoms with Gasteiger partial charge in [-0.15, -0.1) is 0 Å². The Bertz CT molecular complexity index is 5280. The Morgan fingerprint density at radius 2 is 0.727 bits per heavy atom. The van der Waals surface area contributed by atoms with Gasteiger partial charge in [0.2, 0.25) is 11.8 Å². The number of nitrogens with zero attached hydrogens (tertiary/aromatic N) is 6. The summed E-state index contributed by atoms with van der Waals surface area (Å²) < 4.78 is 19.4. The van der Waals surface area contributed by atoms with E-state index in [0.717, 1.165) is 155 Å². The lowest BCUT2D eigenvalue weighted by Crippen LogP contribution is -2.25. The summed E-state index contributed by atoms with van der Waals surface area (Å²) in [6, 6.07) is 56.2. The second-order valence-corrected chi connectivity index (χ2v) is 37.9. The van der Waals surface area contributed by atoms with Crippen molar-refractivity contribution in [3.63, 3.8) is 0 Å². The molecule has 0 unspecified atom stereocenters. The van der Waals surface area contributed by atoms with Crippen LogP contribution in [0.25, 0.3) is 84.7 Å². The van der Waals surface area contributed by atoms with Gasteiger partial charge in [-0.25, -0.2) is 34.2 Å². The maximum atomic E-state index is 12.8. The maximum Gasteiger partial charge on any atom is 0.338 e. The third-order valence-corrected chi connectivity index (χ3v) is 25.5. The number of hydrogen-bond acceptors (Lipinski definition) is 12. The van der Waals surface area contributed by atoms with Crippen LogP contribution in [0.2, 0.25) is 0 Å². The first-order chi connectivity index (χ1) is 67.8. The van der Waals surface area contributed by atoms with Gasteiger partial charge in [-0.3, -0.25) is 19.5 Å². The van der Waals surface area contributed by atoms with Gasteiger partial charge in [-0.05, 0) is 159 Å².